The molecule has 1 aromatic rings. The van der Waals surface area contributed by atoms with E-state index in [4.69, 9.17) is 0 Å². The van der Waals surface area contributed by atoms with Crippen LogP contribution in [0.4, 0.5) is 0 Å². The van der Waals surface area contributed by atoms with Gasteiger partial charge in [-0.25, -0.2) is 0 Å². The molecule has 2 aliphatic rings. The number of hydrogen-bond acceptors (Lipinski definition) is 2. The molecule has 1 N–H and O–H groups in total. The Bertz CT molecular complexity index is 604. The summed E-state index contributed by atoms with van der Waals surface area (Å²) in [6.45, 7) is 0. The Labute approximate surface area is 87.6 Å². The number of allylic oxidation sites excluding steroid dienone is 2. The molecule has 15 heavy (non-hydrogen) atoms. The summed E-state index contributed by atoms with van der Waals surface area (Å²) in [6.07, 6.45) is 10.9. The molecule has 0 amide bonds. The third kappa shape index (κ3) is 1.31. The van der Waals surface area contributed by atoms with Gasteiger partial charge in [-0.2, -0.15) is 5.10 Å². The van der Waals surface area contributed by atoms with Gasteiger partial charge in [0, 0.05) is 10.8 Å². The summed E-state index contributed by atoms with van der Waals surface area (Å²) in [5.74, 6) is 0. The van der Waals surface area contributed by atoms with Crippen LogP contribution >= 0.6 is 0 Å². The van der Waals surface area contributed by atoms with Crippen LogP contribution in [0.3, 0.4) is 0 Å². The highest BCUT2D eigenvalue weighted by Crippen LogP contribution is 2.11. The van der Waals surface area contributed by atoms with E-state index in [1.807, 2.05) is 24.3 Å². The molecular formula is C13H9N2. The molecule has 2 heteroatoms. The van der Waals surface area contributed by atoms with E-state index in [0.29, 0.717) is 0 Å². The van der Waals surface area contributed by atoms with Crippen molar-refractivity contribution in [3.8, 4) is 0 Å². The largest absolute Gasteiger partial charge is 0.277 e. The molecule has 0 spiro atoms. The van der Waals surface area contributed by atoms with Crippen LogP contribution < -0.4 is 15.9 Å². The highest BCUT2D eigenvalue weighted by atomic mass is 15.3. The fourth-order valence-corrected chi connectivity index (χ4v) is 1.80. The van der Waals surface area contributed by atoms with Crippen LogP contribution in [0.25, 0.3) is 11.8 Å². The Balaban J connectivity index is 2.45. The lowest BCUT2D eigenvalue weighted by Crippen LogP contribution is -2.30. The number of fused-ring (bicyclic) bond motifs is 2. The lowest BCUT2D eigenvalue weighted by atomic mass is 10.1. The molecule has 0 unspecified atom stereocenters. The van der Waals surface area contributed by atoms with Gasteiger partial charge in [-0.1, -0.05) is 42.5 Å². The van der Waals surface area contributed by atoms with Crippen molar-refractivity contribution in [2.45, 2.75) is 0 Å². The first-order valence-corrected chi connectivity index (χ1v) is 4.85. The predicted molar refractivity (Wildman–Crippen MR) is 61.4 cm³/mol. The van der Waals surface area contributed by atoms with Crippen LogP contribution in [0.15, 0.2) is 53.2 Å². The Morgan fingerprint density at radius 1 is 1.20 bits per heavy atom. The van der Waals surface area contributed by atoms with Crippen molar-refractivity contribution in [3.63, 3.8) is 0 Å². The zero-order valence-electron chi connectivity index (χ0n) is 8.07. The molecule has 0 aromatic heterocycles. The standard InChI is InChI=1S/C13H9N2/c1-2-7-12-10(4-1)5-3-6-11-8-9-14-15-13(11)12/h1-8,15H. The SMILES string of the molecule is [C]1=NNC2=c3ccccc3=CC=CC2=C1. The summed E-state index contributed by atoms with van der Waals surface area (Å²) in [7, 11) is 0. The van der Waals surface area contributed by atoms with Crippen LogP contribution in [0.2, 0.25) is 0 Å². The number of hydrazone groups is 1. The summed E-state index contributed by atoms with van der Waals surface area (Å²) in [4.78, 5) is 0. The van der Waals surface area contributed by atoms with Gasteiger partial charge in [0.25, 0.3) is 0 Å². The van der Waals surface area contributed by atoms with Crippen molar-refractivity contribution in [2.75, 3.05) is 0 Å². The van der Waals surface area contributed by atoms with E-state index in [-0.39, 0.29) is 0 Å². The molecule has 0 saturated heterocycles. The molecule has 1 aliphatic carbocycles. The summed E-state index contributed by atoms with van der Waals surface area (Å²) in [5, 5.41) is 6.33. The highest BCUT2D eigenvalue weighted by molar-refractivity contribution is 5.84. The fraction of sp³-hybridized carbons (Fsp3) is 0. The second-order valence-corrected chi connectivity index (χ2v) is 3.44. The molecule has 0 atom stereocenters. The lowest BCUT2D eigenvalue weighted by Gasteiger charge is -2.10. The molecule has 1 heterocycles. The van der Waals surface area contributed by atoms with Gasteiger partial charge in [-0.05, 0) is 11.3 Å². The van der Waals surface area contributed by atoms with Crippen molar-refractivity contribution in [1.82, 2.24) is 5.43 Å². The number of rotatable bonds is 0. The zero-order valence-corrected chi connectivity index (χ0v) is 8.07. The van der Waals surface area contributed by atoms with E-state index in [2.05, 4.69) is 41.0 Å². The van der Waals surface area contributed by atoms with E-state index in [1.54, 1.807) is 0 Å². The summed E-state index contributed by atoms with van der Waals surface area (Å²) < 4.78 is 0. The predicted octanol–water partition coefficient (Wildman–Crippen LogP) is 0.537. The third-order valence-electron chi connectivity index (χ3n) is 2.52. The van der Waals surface area contributed by atoms with Gasteiger partial charge in [0.15, 0.2) is 0 Å². The fourth-order valence-electron chi connectivity index (χ4n) is 1.80. The summed E-state index contributed by atoms with van der Waals surface area (Å²) in [5.41, 5.74) is 5.18. The molecule has 0 saturated carbocycles. The molecule has 2 nitrogen and oxygen atoms in total. The quantitative estimate of drug-likeness (QED) is 0.639. The lowest BCUT2D eigenvalue weighted by molar-refractivity contribution is 0.982. The number of hydrogen-bond donors (Lipinski definition) is 1. The Kier molecular flexibility index (Phi) is 1.78. The highest BCUT2D eigenvalue weighted by Gasteiger charge is 2.07. The van der Waals surface area contributed by atoms with Gasteiger partial charge < -0.3 is 0 Å². The van der Waals surface area contributed by atoms with Gasteiger partial charge in [0.05, 0.1) is 5.70 Å². The van der Waals surface area contributed by atoms with Gasteiger partial charge in [-0.3, -0.25) is 5.43 Å². The van der Waals surface area contributed by atoms with Crippen LogP contribution in [0, 0.1) is 0 Å². The minimum Gasteiger partial charge on any atom is -0.277 e. The first-order valence-electron chi connectivity index (χ1n) is 4.85. The number of nitrogens with zero attached hydrogens (tertiary/aromatic N) is 1. The van der Waals surface area contributed by atoms with Gasteiger partial charge in [-0.15, -0.1) is 0 Å². The second kappa shape index (κ2) is 3.24. The van der Waals surface area contributed by atoms with Gasteiger partial charge >= 0.3 is 0 Å². The first kappa shape index (κ1) is 8.24. The molecule has 3 rings (SSSR count). The van der Waals surface area contributed by atoms with Gasteiger partial charge in [0.1, 0.15) is 6.21 Å². The van der Waals surface area contributed by atoms with Crippen LogP contribution in [-0.2, 0) is 0 Å². The van der Waals surface area contributed by atoms with Gasteiger partial charge in [0.2, 0.25) is 0 Å². The summed E-state index contributed by atoms with van der Waals surface area (Å²) in [6, 6.07) is 8.26. The van der Waals surface area contributed by atoms with Crippen molar-refractivity contribution in [1.29, 1.82) is 0 Å². The zero-order chi connectivity index (χ0) is 10.1. The topological polar surface area (TPSA) is 24.4 Å². The van der Waals surface area contributed by atoms with Crippen molar-refractivity contribution < 1.29 is 0 Å². The Morgan fingerprint density at radius 3 is 3.13 bits per heavy atom. The van der Waals surface area contributed by atoms with E-state index in [9.17, 15) is 0 Å². The summed E-state index contributed by atoms with van der Waals surface area (Å²) >= 11 is 0. The maximum absolute atomic E-state index is 3.94. The molecule has 1 aliphatic heterocycles. The minimum atomic E-state index is 1.05. The van der Waals surface area contributed by atoms with E-state index < -0.39 is 0 Å². The molecular weight excluding hydrogens is 184 g/mol. The number of nitrogens with one attached hydrogen (secondary N) is 1. The molecule has 71 valence electrons. The smallest absolute Gasteiger partial charge is 0.111 e. The Morgan fingerprint density at radius 2 is 2.13 bits per heavy atom. The molecule has 0 bridgehead atoms. The maximum Gasteiger partial charge on any atom is 0.111 e. The van der Waals surface area contributed by atoms with Crippen LogP contribution in [0.5, 0.6) is 0 Å². The average molecular weight is 193 g/mol. The molecule has 1 aromatic carbocycles. The maximum atomic E-state index is 3.94. The van der Waals surface area contributed by atoms with E-state index >= 15 is 0 Å². The Hall–Kier alpha value is -2.09. The van der Waals surface area contributed by atoms with Crippen LogP contribution in [0.1, 0.15) is 0 Å². The van der Waals surface area contributed by atoms with E-state index in [1.165, 1.54) is 10.4 Å². The van der Waals surface area contributed by atoms with Crippen molar-refractivity contribution >= 4 is 18.0 Å². The number of benzene rings is 1. The van der Waals surface area contributed by atoms with Crippen LogP contribution in [-0.4, -0.2) is 6.21 Å². The molecule has 0 fully saturated rings. The third-order valence-corrected chi connectivity index (χ3v) is 2.52. The first-order chi connectivity index (χ1) is 7.45. The second-order valence-electron chi connectivity index (χ2n) is 3.44. The normalized spacial score (nSPS) is 16.8. The van der Waals surface area contributed by atoms with E-state index in [0.717, 1.165) is 11.3 Å². The van der Waals surface area contributed by atoms with Crippen molar-refractivity contribution in [2.24, 2.45) is 5.10 Å². The average Bonchev–Trinajstić information content (AvgIpc) is 2.48. The monoisotopic (exact) mass is 193 g/mol. The molecule has 1 radical (unpaired) electrons. The minimum absolute atomic E-state index is 1.05. The van der Waals surface area contributed by atoms with Crippen molar-refractivity contribution in [3.05, 3.63) is 58.5 Å².